The molecule has 0 unspecified atom stereocenters. The molecule has 0 saturated carbocycles. The molecule has 3 rings (SSSR count). The molecule has 1 saturated heterocycles. The van der Waals surface area contributed by atoms with E-state index in [1.165, 1.54) is 5.69 Å². The molecule has 26 heavy (non-hydrogen) atoms. The number of nitrogens with zero attached hydrogens (tertiary/aromatic N) is 2. The quantitative estimate of drug-likeness (QED) is 0.728. The van der Waals surface area contributed by atoms with Crippen molar-refractivity contribution in [2.75, 3.05) is 43.4 Å². The summed E-state index contributed by atoms with van der Waals surface area (Å²) in [7, 11) is 2.15. The van der Waals surface area contributed by atoms with Crippen molar-refractivity contribution < 1.29 is 4.79 Å². The second kappa shape index (κ2) is 8.62. The van der Waals surface area contributed by atoms with Gasteiger partial charge in [-0.1, -0.05) is 12.1 Å². The Morgan fingerprint density at radius 3 is 2.35 bits per heavy atom. The van der Waals surface area contributed by atoms with Gasteiger partial charge in [0.2, 0.25) is 0 Å². The molecule has 1 fully saturated rings. The number of carbonyl (C=O) groups excluding carboxylic acids is 1. The summed E-state index contributed by atoms with van der Waals surface area (Å²) in [5, 5.41) is 6.04. The Balaban J connectivity index is 1.56. The molecule has 0 radical (unpaired) electrons. The summed E-state index contributed by atoms with van der Waals surface area (Å²) in [6.45, 7) is 4.21. The van der Waals surface area contributed by atoms with E-state index in [0.717, 1.165) is 36.3 Å². The van der Waals surface area contributed by atoms with Gasteiger partial charge < -0.3 is 15.1 Å². The number of thiocarbonyl (C=S) groups is 1. The summed E-state index contributed by atoms with van der Waals surface area (Å²) >= 11 is 8.62. The van der Waals surface area contributed by atoms with E-state index in [0.29, 0.717) is 5.56 Å². The van der Waals surface area contributed by atoms with Gasteiger partial charge in [-0.2, -0.15) is 0 Å². The summed E-state index contributed by atoms with van der Waals surface area (Å²) in [6, 6.07) is 15.3. The fourth-order valence-corrected chi connectivity index (χ4v) is 3.47. The van der Waals surface area contributed by atoms with Crippen LogP contribution in [0.1, 0.15) is 10.4 Å². The number of anilines is 2. The molecule has 1 heterocycles. The van der Waals surface area contributed by atoms with Crippen LogP contribution in [0, 0.1) is 0 Å². The van der Waals surface area contributed by atoms with Crippen LogP contribution in [0.25, 0.3) is 0 Å². The molecular formula is C19H21BrN4OS. The average molecular weight is 433 g/mol. The fourth-order valence-electron chi connectivity index (χ4n) is 2.80. The molecule has 0 aliphatic carbocycles. The minimum Gasteiger partial charge on any atom is -0.369 e. The van der Waals surface area contributed by atoms with Crippen molar-refractivity contribution in [1.82, 2.24) is 10.2 Å². The summed E-state index contributed by atoms with van der Waals surface area (Å²) in [5.74, 6) is -0.246. The minimum atomic E-state index is -0.246. The van der Waals surface area contributed by atoms with Crippen LogP contribution in [0.4, 0.5) is 11.4 Å². The van der Waals surface area contributed by atoms with Gasteiger partial charge >= 0.3 is 0 Å². The smallest absolute Gasteiger partial charge is 0.258 e. The van der Waals surface area contributed by atoms with Gasteiger partial charge in [0.05, 0.1) is 5.56 Å². The lowest BCUT2D eigenvalue weighted by Gasteiger charge is -2.34. The molecule has 2 aromatic rings. The van der Waals surface area contributed by atoms with E-state index in [-0.39, 0.29) is 11.0 Å². The summed E-state index contributed by atoms with van der Waals surface area (Å²) in [6.07, 6.45) is 0. The van der Waals surface area contributed by atoms with Gasteiger partial charge in [0.1, 0.15) is 0 Å². The van der Waals surface area contributed by atoms with E-state index in [2.05, 4.69) is 55.5 Å². The van der Waals surface area contributed by atoms with Crippen molar-refractivity contribution >= 4 is 50.5 Å². The first-order valence-corrected chi connectivity index (χ1v) is 9.63. The topological polar surface area (TPSA) is 47.6 Å². The van der Waals surface area contributed by atoms with Crippen molar-refractivity contribution in [3.05, 3.63) is 58.6 Å². The zero-order valence-electron chi connectivity index (χ0n) is 14.5. The first-order chi connectivity index (χ1) is 12.5. The monoisotopic (exact) mass is 432 g/mol. The Kier molecular flexibility index (Phi) is 6.24. The number of amides is 1. The lowest BCUT2D eigenvalue weighted by atomic mass is 10.2. The predicted octanol–water partition coefficient (Wildman–Crippen LogP) is 3.33. The number of halogens is 1. The van der Waals surface area contributed by atoms with Crippen LogP contribution in [0.2, 0.25) is 0 Å². The van der Waals surface area contributed by atoms with Crippen LogP contribution in [0.3, 0.4) is 0 Å². The van der Waals surface area contributed by atoms with Gasteiger partial charge in [-0.25, -0.2) is 0 Å². The van der Waals surface area contributed by atoms with E-state index in [1.807, 2.05) is 30.3 Å². The standard InChI is InChI=1S/C19H21BrN4OS/c1-23-10-12-24(13-11-23)15-8-6-14(7-9-15)21-19(26)22-18(25)16-4-2-3-5-17(16)20/h2-9H,10-13H2,1H3,(H2,21,22,25,26). The van der Waals surface area contributed by atoms with E-state index in [1.54, 1.807) is 6.07 Å². The Hall–Kier alpha value is -1.96. The van der Waals surface area contributed by atoms with Crippen molar-refractivity contribution in [1.29, 1.82) is 0 Å². The third kappa shape index (κ3) is 4.81. The Morgan fingerprint density at radius 2 is 1.69 bits per heavy atom. The molecular weight excluding hydrogens is 412 g/mol. The molecule has 0 aromatic heterocycles. The summed E-state index contributed by atoms with van der Waals surface area (Å²) in [4.78, 5) is 17.0. The van der Waals surface area contributed by atoms with Gasteiger partial charge in [-0.3, -0.25) is 10.1 Å². The van der Waals surface area contributed by atoms with Crippen LogP contribution < -0.4 is 15.5 Å². The lowest BCUT2D eigenvalue weighted by Crippen LogP contribution is -2.44. The fraction of sp³-hybridized carbons (Fsp3) is 0.263. The van der Waals surface area contributed by atoms with Crippen molar-refractivity contribution in [3.8, 4) is 0 Å². The van der Waals surface area contributed by atoms with Crippen LogP contribution in [-0.4, -0.2) is 49.1 Å². The summed E-state index contributed by atoms with van der Waals surface area (Å²) in [5.41, 5.74) is 2.59. The van der Waals surface area contributed by atoms with Crippen molar-refractivity contribution in [2.24, 2.45) is 0 Å². The Bertz CT molecular complexity index is 788. The predicted molar refractivity (Wildman–Crippen MR) is 114 cm³/mol. The molecule has 0 spiro atoms. The number of carbonyl (C=O) groups is 1. The van der Waals surface area contributed by atoms with Crippen LogP contribution in [0.15, 0.2) is 53.0 Å². The number of rotatable bonds is 3. The highest BCUT2D eigenvalue weighted by Gasteiger charge is 2.14. The van der Waals surface area contributed by atoms with E-state index in [4.69, 9.17) is 12.2 Å². The maximum atomic E-state index is 12.3. The normalized spacial score (nSPS) is 14.8. The zero-order valence-corrected chi connectivity index (χ0v) is 16.9. The zero-order chi connectivity index (χ0) is 18.5. The highest BCUT2D eigenvalue weighted by atomic mass is 79.9. The Morgan fingerprint density at radius 1 is 1.04 bits per heavy atom. The molecule has 0 atom stereocenters. The lowest BCUT2D eigenvalue weighted by molar-refractivity contribution is 0.0977. The molecule has 2 aromatic carbocycles. The third-order valence-corrected chi connectivity index (χ3v) is 5.23. The SMILES string of the molecule is CN1CCN(c2ccc(NC(=S)NC(=O)c3ccccc3Br)cc2)CC1. The molecule has 1 aliphatic heterocycles. The first kappa shape index (κ1) is 18.8. The second-order valence-electron chi connectivity index (χ2n) is 6.23. The molecule has 1 amide bonds. The Labute approximate surface area is 167 Å². The highest BCUT2D eigenvalue weighted by Crippen LogP contribution is 2.19. The molecule has 7 heteroatoms. The number of hydrogen-bond donors (Lipinski definition) is 2. The number of nitrogens with one attached hydrogen (secondary N) is 2. The van der Waals surface area contributed by atoms with Gasteiger partial charge in [0.15, 0.2) is 5.11 Å². The molecule has 5 nitrogen and oxygen atoms in total. The van der Waals surface area contributed by atoms with Crippen molar-refractivity contribution in [3.63, 3.8) is 0 Å². The van der Waals surface area contributed by atoms with Gasteiger partial charge in [0.25, 0.3) is 5.91 Å². The maximum Gasteiger partial charge on any atom is 0.258 e. The molecule has 1 aliphatic rings. The minimum absolute atomic E-state index is 0.246. The van der Waals surface area contributed by atoms with Crippen LogP contribution >= 0.6 is 28.1 Å². The van der Waals surface area contributed by atoms with Crippen LogP contribution in [0.5, 0.6) is 0 Å². The van der Waals surface area contributed by atoms with Gasteiger partial charge in [-0.05, 0) is 71.6 Å². The largest absolute Gasteiger partial charge is 0.369 e. The number of hydrogen-bond acceptors (Lipinski definition) is 4. The molecule has 0 bridgehead atoms. The third-order valence-electron chi connectivity index (χ3n) is 4.34. The van der Waals surface area contributed by atoms with E-state index < -0.39 is 0 Å². The second-order valence-corrected chi connectivity index (χ2v) is 7.49. The van der Waals surface area contributed by atoms with E-state index in [9.17, 15) is 4.79 Å². The molecule has 2 N–H and O–H groups in total. The van der Waals surface area contributed by atoms with E-state index >= 15 is 0 Å². The first-order valence-electron chi connectivity index (χ1n) is 8.43. The van der Waals surface area contributed by atoms with Gasteiger partial charge in [0, 0.05) is 42.0 Å². The van der Waals surface area contributed by atoms with Gasteiger partial charge in [-0.15, -0.1) is 0 Å². The highest BCUT2D eigenvalue weighted by molar-refractivity contribution is 9.10. The van der Waals surface area contributed by atoms with Crippen LogP contribution in [-0.2, 0) is 0 Å². The summed E-state index contributed by atoms with van der Waals surface area (Å²) < 4.78 is 0.733. The maximum absolute atomic E-state index is 12.3. The number of piperazine rings is 1. The number of benzene rings is 2. The van der Waals surface area contributed by atoms with Crippen molar-refractivity contribution in [2.45, 2.75) is 0 Å². The molecule has 136 valence electrons. The number of likely N-dealkylation sites (N-methyl/N-ethyl adjacent to an activating group) is 1. The average Bonchev–Trinajstić information content (AvgIpc) is 2.63.